The van der Waals surface area contributed by atoms with Crippen molar-refractivity contribution >= 4 is 28.5 Å². The smallest absolute Gasteiger partial charge is 0.117 e. The first kappa shape index (κ1) is 11.2. The molecule has 0 radical (unpaired) electrons. The van der Waals surface area contributed by atoms with E-state index in [0.29, 0.717) is 0 Å². The Morgan fingerprint density at radius 1 is 1.11 bits per heavy atom. The zero-order chi connectivity index (χ0) is 12.4. The highest BCUT2D eigenvalue weighted by Crippen LogP contribution is 2.23. The van der Waals surface area contributed by atoms with Gasteiger partial charge in [-0.05, 0) is 30.3 Å². The molecule has 0 unspecified atom stereocenters. The first-order valence-electron chi connectivity index (χ1n) is 5.73. The van der Waals surface area contributed by atoms with E-state index in [1.54, 1.807) is 11.8 Å². The standard InChI is InChI=1S/C14H13N3S/c15-10-6-7-12-13(8-10)17-14(16-12)9-18-11-4-2-1-3-5-11/h1-8H,9,15H2,(H,16,17). The molecule has 0 bridgehead atoms. The van der Waals surface area contributed by atoms with Crippen molar-refractivity contribution in [3.05, 3.63) is 54.4 Å². The fourth-order valence-corrected chi connectivity index (χ4v) is 2.61. The van der Waals surface area contributed by atoms with Gasteiger partial charge in [-0.15, -0.1) is 11.8 Å². The molecule has 0 spiro atoms. The highest BCUT2D eigenvalue weighted by molar-refractivity contribution is 7.98. The number of hydrogen-bond donors (Lipinski definition) is 2. The quantitative estimate of drug-likeness (QED) is 0.557. The average molecular weight is 255 g/mol. The number of nitrogens with two attached hydrogens (primary N) is 1. The number of fused-ring (bicyclic) bond motifs is 1. The van der Waals surface area contributed by atoms with E-state index < -0.39 is 0 Å². The molecule has 4 heteroatoms. The molecule has 3 N–H and O–H groups in total. The predicted octanol–water partition coefficient (Wildman–Crippen LogP) is 3.44. The van der Waals surface area contributed by atoms with Crippen LogP contribution < -0.4 is 5.73 Å². The van der Waals surface area contributed by atoms with Gasteiger partial charge in [0.2, 0.25) is 0 Å². The van der Waals surface area contributed by atoms with Crippen molar-refractivity contribution in [2.75, 3.05) is 5.73 Å². The second kappa shape index (κ2) is 4.74. The molecular formula is C14H13N3S. The van der Waals surface area contributed by atoms with Crippen molar-refractivity contribution < 1.29 is 0 Å². The van der Waals surface area contributed by atoms with Crippen LogP contribution in [0.5, 0.6) is 0 Å². The van der Waals surface area contributed by atoms with Crippen molar-refractivity contribution in [1.82, 2.24) is 9.97 Å². The van der Waals surface area contributed by atoms with Gasteiger partial charge >= 0.3 is 0 Å². The Kier molecular flexibility index (Phi) is 2.94. The number of aromatic amines is 1. The summed E-state index contributed by atoms with van der Waals surface area (Å²) in [6, 6.07) is 16.0. The van der Waals surface area contributed by atoms with Crippen LogP contribution >= 0.6 is 11.8 Å². The molecule has 0 fully saturated rings. The number of imidazole rings is 1. The van der Waals surface area contributed by atoms with Crippen LogP contribution in [-0.2, 0) is 5.75 Å². The summed E-state index contributed by atoms with van der Waals surface area (Å²) in [5.41, 5.74) is 8.47. The predicted molar refractivity (Wildman–Crippen MR) is 76.5 cm³/mol. The van der Waals surface area contributed by atoms with Crippen molar-refractivity contribution in [2.45, 2.75) is 10.6 Å². The third-order valence-electron chi connectivity index (χ3n) is 2.67. The van der Waals surface area contributed by atoms with Crippen LogP contribution in [-0.4, -0.2) is 9.97 Å². The monoisotopic (exact) mass is 255 g/mol. The highest BCUT2D eigenvalue weighted by atomic mass is 32.2. The van der Waals surface area contributed by atoms with Gasteiger partial charge in [0.15, 0.2) is 0 Å². The summed E-state index contributed by atoms with van der Waals surface area (Å²) in [7, 11) is 0. The minimum Gasteiger partial charge on any atom is -0.399 e. The van der Waals surface area contributed by atoms with Crippen LogP contribution in [0, 0.1) is 0 Å². The van der Waals surface area contributed by atoms with E-state index in [2.05, 4.69) is 22.1 Å². The van der Waals surface area contributed by atoms with Crippen LogP contribution in [0.15, 0.2) is 53.4 Å². The first-order chi connectivity index (χ1) is 8.81. The van der Waals surface area contributed by atoms with Crippen molar-refractivity contribution in [3.63, 3.8) is 0 Å². The number of nitrogens with one attached hydrogen (secondary N) is 1. The van der Waals surface area contributed by atoms with Gasteiger partial charge in [-0.3, -0.25) is 0 Å². The summed E-state index contributed by atoms with van der Waals surface area (Å²) < 4.78 is 0. The molecule has 90 valence electrons. The SMILES string of the molecule is Nc1ccc2nc(CSc3ccccc3)[nH]c2c1. The van der Waals surface area contributed by atoms with E-state index in [1.807, 2.05) is 36.4 Å². The van der Waals surface area contributed by atoms with Gasteiger partial charge in [0.1, 0.15) is 5.82 Å². The number of nitrogens with zero attached hydrogens (tertiary/aromatic N) is 1. The lowest BCUT2D eigenvalue weighted by Gasteiger charge is -1.97. The Hall–Kier alpha value is -1.94. The Bertz CT molecular complexity index is 661. The lowest BCUT2D eigenvalue weighted by molar-refractivity contribution is 1.14. The van der Waals surface area contributed by atoms with Crippen LogP contribution in [0.3, 0.4) is 0 Å². The molecule has 3 rings (SSSR count). The van der Waals surface area contributed by atoms with Crippen LogP contribution in [0.25, 0.3) is 11.0 Å². The Labute approximate surface area is 109 Å². The topological polar surface area (TPSA) is 54.7 Å². The van der Waals surface area contributed by atoms with E-state index >= 15 is 0 Å². The zero-order valence-corrected chi connectivity index (χ0v) is 10.6. The Morgan fingerprint density at radius 2 is 1.94 bits per heavy atom. The molecule has 0 atom stereocenters. The number of hydrogen-bond acceptors (Lipinski definition) is 3. The first-order valence-corrected chi connectivity index (χ1v) is 6.72. The summed E-state index contributed by atoms with van der Waals surface area (Å²) in [6.07, 6.45) is 0. The fourth-order valence-electron chi connectivity index (χ4n) is 1.82. The van der Waals surface area contributed by atoms with E-state index in [9.17, 15) is 0 Å². The van der Waals surface area contributed by atoms with Gasteiger partial charge in [0, 0.05) is 10.6 Å². The van der Waals surface area contributed by atoms with Crippen LogP contribution in [0.1, 0.15) is 5.82 Å². The molecule has 1 heterocycles. The van der Waals surface area contributed by atoms with Crippen LogP contribution in [0.2, 0.25) is 0 Å². The van der Waals surface area contributed by atoms with Gasteiger partial charge < -0.3 is 10.7 Å². The van der Waals surface area contributed by atoms with Gasteiger partial charge in [0.05, 0.1) is 16.8 Å². The molecule has 3 aromatic rings. The lowest BCUT2D eigenvalue weighted by Crippen LogP contribution is -1.83. The molecule has 0 aliphatic rings. The number of rotatable bonds is 3. The molecular weight excluding hydrogens is 242 g/mol. The normalized spacial score (nSPS) is 10.9. The van der Waals surface area contributed by atoms with Crippen LogP contribution in [0.4, 0.5) is 5.69 Å². The van der Waals surface area contributed by atoms with Gasteiger partial charge in [0.25, 0.3) is 0 Å². The number of benzene rings is 2. The maximum atomic E-state index is 5.75. The lowest BCUT2D eigenvalue weighted by atomic mass is 10.3. The van der Waals surface area contributed by atoms with Gasteiger partial charge in [-0.1, -0.05) is 18.2 Å². The molecule has 0 aliphatic carbocycles. The Morgan fingerprint density at radius 3 is 2.78 bits per heavy atom. The van der Waals surface area contributed by atoms with Crippen molar-refractivity contribution in [3.8, 4) is 0 Å². The maximum Gasteiger partial charge on any atom is 0.117 e. The second-order valence-corrected chi connectivity index (χ2v) is 5.11. The highest BCUT2D eigenvalue weighted by Gasteiger charge is 2.03. The third kappa shape index (κ3) is 2.33. The fraction of sp³-hybridized carbons (Fsp3) is 0.0714. The number of anilines is 1. The average Bonchev–Trinajstić information content (AvgIpc) is 2.79. The molecule has 0 saturated carbocycles. The number of thioether (sulfide) groups is 1. The molecule has 1 aromatic heterocycles. The van der Waals surface area contributed by atoms with E-state index in [4.69, 9.17) is 5.73 Å². The molecule has 2 aromatic carbocycles. The zero-order valence-electron chi connectivity index (χ0n) is 9.76. The van der Waals surface area contributed by atoms with Crippen molar-refractivity contribution in [1.29, 1.82) is 0 Å². The van der Waals surface area contributed by atoms with E-state index in [1.165, 1.54) is 4.90 Å². The summed E-state index contributed by atoms with van der Waals surface area (Å²) in [5, 5.41) is 0. The van der Waals surface area contributed by atoms with Crippen molar-refractivity contribution in [2.24, 2.45) is 0 Å². The Balaban J connectivity index is 1.79. The second-order valence-electron chi connectivity index (χ2n) is 4.06. The largest absolute Gasteiger partial charge is 0.399 e. The summed E-state index contributed by atoms with van der Waals surface area (Å²) in [4.78, 5) is 9.08. The molecule has 0 saturated heterocycles. The molecule has 3 nitrogen and oxygen atoms in total. The van der Waals surface area contributed by atoms with Gasteiger partial charge in [-0.25, -0.2) is 4.98 Å². The summed E-state index contributed by atoms with van der Waals surface area (Å²) >= 11 is 1.77. The molecule has 0 aliphatic heterocycles. The van der Waals surface area contributed by atoms with E-state index in [0.717, 1.165) is 28.3 Å². The maximum absolute atomic E-state index is 5.75. The summed E-state index contributed by atoms with van der Waals surface area (Å²) in [5.74, 6) is 1.81. The molecule has 18 heavy (non-hydrogen) atoms. The third-order valence-corrected chi connectivity index (χ3v) is 3.70. The number of aromatic nitrogens is 2. The van der Waals surface area contributed by atoms with E-state index in [-0.39, 0.29) is 0 Å². The number of H-pyrrole nitrogens is 1. The minimum atomic E-state index is 0.758. The molecule has 0 amide bonds. The van der Waals surface area contributed by atoms with Gasteiger partial charge in [-0.2, -0.15) is 0 Å². The summed E-state index contributed by atoms with van der Waals surface area (Å²) in [6.45, 7) is 0. The number of nitrogen functional groups attached to an aromatic ring is 1. The minimum absolute atomic E-state index is 0.758.